The van der Waals surface area contributed by atoms with E-state index in [0.29, 0.717) is 28.8 Å². The van der Waals surface area contributed by atoms with E-state index < -0.39 is 17.7 Å². The van der Waals surface area contributed by atoms with Crippen molar-refractivity contribution in [1.29, 1.82) is 0 Å². The molecule has 40 heavy (non-hydrogen) atoms. The number of nitrogens with one attached hydrogen (secondary N) is 1. The van der Waals surface area contributed by atoms with Gasteiger partial charge >= 0.3 is 6.18 Å². The number of aryl methyl sites for hydroxylation is 2. The number of amides is 1. The van der Waals surface area contributed by atoms with Crippen LogP contribution in [0.25, 0.3) is 11.0 Å². The fourth-order valence-corrected chi connectivity index (χ4v) is 5.08. The van der Waals surface area contributed by atoms with E-state index in [9.17, 15) is 18.0 Å². The minimum Gasteiger partial charge on any atom is -0.438 e. The number of carbonyl (C=O) groups excluding carboxylic acids is 1. The first-order valence-electron chi connectivity index (χ1n) is 13.1. The minimum absolute atomic E-state index is 0.239. The first kappa shape index (κ1) is 27.8. The van der Waals surface area contributed by atoms with Gasteiger partial charge in [0.15, 0.2) is 5.65 Å². The van der Waals surface area contributed by atoms with Crippen molar-refractivity contribution in [2.75, 3.05) is 39.8 Å². The topological polar surface area (TPSA) is 88.4 Å². The lowest BCUT2D eigenvalue weighted by Crippen LogP contribution is -2.46. The van der Waals surface area contributed by atoms with Crippen molar-refractivity contribution in [2.24, 2.45) is 13.0 Å². The van der Waals surface area contributed by atoms with Crippen LogP contribution < -0.4 is 10.1 Å². The number of rotatable bonds is 6. The Bertz CT molecular complexity index is 1490. The quantitative estimate of drug-likeness (QED) is 0.487. The van der Waals surface area contributed by atoms with E-state index >= 15 is 0 Å². The van der Waals surface area contributed by atoms with Gasteiger partial charge in [0.25, 0.3) is 5.91 Å². The summed E-state index contributed by atoms with van der Waals surface area (Å²) in [4.78, 5) is 25.8. The Morgan fingerprint density at radius 1 is 1.15 bits per heavy atom. The summed E-state index contributed by atoms with van der Waals surface area (Å²) in [5, 5.41) is 7.50. The highest BCUT2D eigenvalue weighted by molar-refractivity contribution is 5.96. The highest BCUT2D eigenvalue weighted by Gasteiger charge is 2.39. The number of hydrogen-bond acceptors (Lipinski definition) is 7. The predicted octanol–water partition coefficient (Wildman–Crippen LogP) is 4.22. The molecule has 0 saturated carbocycles. The summed E-state index contributed by atoms with van der Waals surface area (Å²) in [7, 11) is 3.77. The third-order valence-electron chi connectivity index (χ3n) is 7.50. The number of carbonyl (C=O) groups is 1. The number of allylic oxidation sites excluding steroid dienone is 3. The van der Waals surface area contributed by atoms with Gasteiger partial charge in [0.05, 0.1) is 11.8 Å². The van der Waals surface area contributed by atoms with E-state index in [0.717, 1.165) is 37.8 Å². The Labute approximate surface area is 230 Å². The molecule has 1 aliphatic carbocycles. The predicted molar refractivity (Wildman–Crippen MR) is 144 cm³/mol. The fraction of sp³-hybridized carbons (Fsp3) is 0.429. The van der Waals surface area contributed by atoms with E-state index in [1.165, 1.54) is 6.33 Å². The Morgan fingerprint density at radius 3 is 2.62 bits per heavy atom. The molecule has 0 spiro atoms. The molecule has 3 heterocycles. The Kier molecular flexibility index (Phi) is 7.65. The summed E-state index contributed by atoms with van der Waals surface area (Å²) >= 11 is 0. The smallest absolute Gasteiger partial charge is 0.416 e. The van der Waals surface area contributed by atoms with Crippen molar-refractivity contribution >= 4 is 16.9 Å². The van der Waals surface area contributed by atoms with Gasteiger partial charge in [-0.2, -0.15) is 18.3 Å². The van der Waals surface area contributed by atoms with Crippen LogP contribution >= 0.6 is 0 Å². The van der Waals surface area contributed by atoms with Gasteiger partial charge in [0.2, 0.25) is 5.88 Å². The van der Waals surface area contributed by atoms with Crippen molar-refractivity contribution < 1.29 is 22.7 Å². The molecule has 12 heteroatoms. The van der Waals surface area contributed by atoms with Crippen LogP contribution in [0.1, 0.15) is 29.3 Å². The Balaban J connectivity index is 1.36. The molecule has 0 radical (unpaired) electrons. The van der Waals surface area contributed by atoms with Crippen LogP contribution in [0.3, 0.4) is 0 Å². The van der Waals surface area contributed by atoms with Gasteiger partial charge in [0.1, 0.15) is 17.5 Å². The summed E-state index contributed by atoms with van der Waals surface area (Å²) in [6.45, 7) is 6.99. The Morgan fingerprint density at radius 2 is 1.90 bits per heavy atom. The van der Waals surface area contributed by atoms with Gasteiger partial charge in [-0.25, -0.2) is 9.97 Å². The van der Waals surface area contributed by atoms with Crippen molar-refractivity contribution in [3.05, 3.63) is 64.8 Å². The zero-order valence-electron chi connectivity index (χ0n) is 22.9. The zero-order valence-corrected chi connectivity index (χ0v) is 22.9. The second kappa shape index (κ2) is 11.0. The lowest BCUT2D eigenvalue weighted by atomic mass is 9.85. The maximum absolute atomic E-state index is 14.2. The molecule has 2 aliphatic rings. The molecule has 1 amide bonds. The fourth-order valence-electron chi connectivity index (χ4n) is 5.08. The number of ether oxygens (including phenoxy) is 1. The first-order chi connectivity index (χ1) is 19.0. The molecule has 1 aliphatic heterocycles. The number of likely N-dealkylation sites (N-methyl/N-ethyl adjacent to an activating group) is 1. The lowest BCUT2D eigenvalue weighted by Gasteiger charge is -2.36. The molecule has 1 saturated heterocycles. The van der Waals surface area contributed by atoms with Crippen molar-refractivity contribution in [1.82, 2.24) is 34.9 Å². The van der Waals surface area contributed by atoms with Crippen molar-refractivity contribution in [3.8, 4) is 11.6 Å². The summed E-state index contributed by atoms with van der Waals surface area (Å²) in [6.07, 6.45) is -0.159. The zero-order chi connectivity index (χ0) is 28.6. The van der Waals surface area contributed by atoms with Crippen LogP contribution in [0.4, 0.5) is 13.2 Å². The monoisotopic (exact) mass is 555 g/mol. The van der Waals surface area contributed by atoms with Gasteiger partial charge in [-0.3, -0.25) is 14.4 Å². The molecular formula is C28H32F3N7O2. The standard InChI is InChI=1S/C28H32F3N7O2/c1-17-5-6-19(12-24(17)40-27-21-14-34-37(4)25(21)32-16-33-27)26(39)35-20-11-18(2)22(23(13-20)28(29,30)31)15-38-9-7-36(3)8-10-38/h5-6,12-14,16,18H,7-11,15H2,1-4H3,(H,35,39). The summed E-state index contributed by atoms with van der Waals surface area (Å²) in [6, 6.07) is 4.89. The van der Waals surface area contributed by atoms with E-state index in [2.05, 4.69) is 30.2 Å². The first-order valence-corrected chi connectivity index (χ1v) is 13.1. The summed E-state index contributed by atoms with van der Waals surface area (Å²) < 4.78 is 50.1. The molecule has 212 valence electrons. The molecular weight excluding hydrogens is 523 g/mol. The number of piperazine rings is 1. The minimum atomic E-state index is -4.52. The van der Waals surface area contributed by atoms with Gasteiger partial charge < -0.3 is 15.0 Å². The van der Waals surface area contributed by atoms with Crippen LogP contribution in [0.15, 0.2) is 53.6 Å². The number of halogens is 3. The molecule has 1 unspecified atom stereocenters. The molecule has 0 bridgehead atoms. The highest BCUT2D eigenvalue weighted by atomic mass is 19.4. The maximum atomic E-state index is 14.2. The normalized spacial score (nSPS) is 19.2. The van der Waals surface area contributed by atoms with E-state index in [-0.39, 0.29) is 29.6 Å². The van der Waals surface area contributed by atoms with Crippen LogP contribution in [-0.2, 0) is 7.05 Å². The third-order valence-corrected chi connectivity index (χ3v) is 7.50. The summed E-state index contributed by atoms with van der Waals surface area (Å²) in [5.41, 5.74) is 1.54. The Hall–Kier alpha value is -3.77. The molecule has 3 aromatic rings. The van der Waals surface area contributed by atoms with Crippen molar-refractivity contribution in [2.45, 2.75) is 26.4 Å². The van der Waals surface area contributed by atoms with Crippen molar-refractivity contribution in [3.63, 3.8) is 0 Å². The number of aromatic nitrogens is 4. The lowest BCUT2D eigenvalue weighted by molar-refractivity contribution is -0.0902. The van der Waals surface area contributed by atoms with Crippen LogP contribution in [0.5, 0.6) is 11.6 Å². The number of hydrogen-bond donors (Lipinski definition) is 1. The molecule has 2 aromatic heterocycles. The second-order valence-corrected chi connectivity index (χ2v) is 10.5. The molecule has 5 rings (SSSR count). The van der Waals surface area contributed by atoms with E-state index in [1.807, 2.05) is 14.0 Å². The average molecular weight is 556 g/mol. The molecule has 9 nitrogen and oxygen atoms in total. The SMILES string of the molecule is Cc1ccc(C(=O)NC2=CC(C(F)(F)F)=C(CN3CCN(C)CC3)C(C)C2)cc1Oc1ncnc2c1cnn2C. The number of fused-ring (bicyclic) bond motifs is 1. The molecule has 1 atom stereocenters. The number of benzene rings is 1. The van der Waals surface area contributed by atoms with Gasteiger partial charge in [0, 0.05) is 51.0 Å². The van der Waals surface area contributed by atoms with Gasteiger partial charge in [-0.1, -0.05) is 13.0 Å². The van der Waals surface area contributed by atoms with Gasteiger partial charge in [-0.05, 0) is 55.7 Å². The molecule has 1 fully saturated rings. The van der Waals surface area contributed by atoms with E-state index in [1.54, 1.807) is 43.0 Å². The number of alkyl halides is 3. The highest BCUT2D eigenvalue weighted by Crippen LogP contribution is 2.38. The largest absolute Gasteiger partial charge is 0.438 e. The maximum Gasteiger partial charge on any atom is 0.416 e. The summed E-state index contributed by atoms with van der Waals surface area (Å²) in [5.74, 6) is -0.196. The van der Waals surface area contributed by atoms with Gasteiger partial charge in [-0.15, -0.1) is 0 Å². The van der Waals surface area contributed by atoms with E-state index in [4.69, 9.17) is 4.74 Å². The van der Waals surface area contributed by atoms with Crippen LogP contribution in [0, 0.1) is 12.8 Å². The average Bonchev–Trinajstić information content (AvgIpc) is 3.29. The third kappa shape index (κ3) is 5.87. The van der Waals surface area contributed by atoms with Crippen LogP contribution in [-0.4, -0.2) is 81.4 Å². The molecule has 1 aromatic carbocycles. The number of nitrogens with zero attached hydrogens (tertiary/aromatic N) is 6. The van der Waals surface area contributed by atoms with Crippen LogP contribution in [0.2, 0.25) is 0 Å². The molecule has 1 N–H and O–H groups in total. The second-order valence-electron chi connectivity index (χ2n) is 10.5.